The van der Waals surface area contributed by atoms with E-state index in [0.29, 0.717) is 0 Å². The molecule has 1 heteroatoms. The highest BCUT2D eigenvalue weighted by molar-refractivity contribution is 5.12. The molecule has 1 saturated carbocycles. The maximum absolute atomic E-state index is 5.52. The van der Waals surface area contributed by atoms with Crippen LogP contribution >= 0.6 is 0 Å². The van der Waals surface area contributed by atoms with Gasteiger partial charge in [0.2, 0.25) is 0 Å². The predicted molar refractivity (Wildman–Crippen MR) is 47.7 cm³/mol. The monoisotopic (exact) mass is 161 g/mol. The molecule has 2 rings (SSSR count). The summed E-state index contributed by atoms with van der Waals surface area (Å²) in [5, 5.41) is 0. The third-order valence-electron chi connectivity index (χ3n) is 2.09. The summed E-state index contributed by atoms with van der Waals surface area (Å²) < 4.78 is 5.52. The third kappa shape index (κ3) is 2.35. The smallest absolute Gasteiger partial charge is 0.0717 e. The van der Waals surface area contributed by atoms with Crippen LogP contribution < -0.4 is 0 Å². The van der Waals surface area contributed by atoms with Crippen LogP contribution in [0.15, 0.2) is 24.3 Å². The van der Waals surface area contributed by atoms with Crippen molar-refractivity contribution in [3.05, 3.63) is 35.9 Å². The summed E-state index contributed by atoms with van der Waals surface area (Å²) in [7, 11) is 0. The van der Waals surface area contributed by atoms with Crippen molar-refractivity contribution in [3.8, 4) is 0 Å². The largest absolute Gasteiger partial charge is 0.376 e. The normalized spacial score (nSPS) is 16.3. The van der Waals surface area contributed by atoms with Gasteiger partial charge in [0.25, 0.3) is 0 Å². The SMILES string of the molecule is [c]1cccc(COCC2CC2)c1. The lowest BCUT2D eigenvalue weighted by Crippen LogP contribution is -1.96. The second kappa shape index (κ2) is 3.72. The second-order valence-electron chi connectivity index (χ2n) is 3.37. The van der Waals surface area contributed by atoms with Crippen LogP contribution in [0, 0.1) is 12.0 Å². The van der Waals surface area contributed by atoms with Gasteiger partial charge in [0, 0.05) is 6.61 Å². The minimum Gasteiger partial charge on any atom is -0.376 e. The Labute approximate surface area is 73.4 Å². The number of rotatable bonds is 4. The van der Waals surface area contributed by atoms with E-state index in [1.54, 1.807) is 0 Å². The molecule has 0 saturated heterocycles. The minimum absolute atomic E-state index is 0.744. The van der Waals surface area contributed by atoms with Gasteiger partial charge in [0.05, 0.1) is 6.61 Å². The lowest BCUT2D eigenvalue weighted by molar-refractivity contribution is 0.111. The summed E-state index contributed by atoms with van der Waals surface area (Å²) in [5.74, 6) is 0.859. The van der Waals surface area contributed by atoms with Crippen molar-refractivity contribution >= 4 is 0 Å². The van der Waals surface area contributed by atoms with Gasteiger partial charge >= 0.3 is 0 Å². The van der Waals surface area contributed by atoms with Crippen molar-refractivity contribution in [2.75, 3.05) is 6.61 Å². The van der Waals surface area contributed by atoms with Crippen molar-refractivity contribution in [2.24, 2.45) is 5.92 Å². The van der Waals surface area contributed by atoms with E-state index in [9.17, 15) is 0 Å². The quantitative estimate of drug-likeness (QED) is 0.659. The number of hydrogen-bond donors (Lipinski definition) is 0. The lowest BCUT2D eigenvalue weighted by atomic mass is 10.2. The zero-order chi connectivity index (χ0) is 8.23. The maximum Gasteiger partial charge on any atom is 0.0717 e. The van der Waals surface area contributed by atoms with E-state index >= 15 is 0 Å². The Morgan fingerprint density at radius 3 is 3.08 bits per heavy atom. The number of hydrogen-bond acceptors (Lipinski definition) is 1. The fourth-order valence-electron chi connectivity index (χ4n) is 1.15. The summed E-state index contributed by atoms with van der Waals surface area (Å²) in [6.07, 6.45) is 2.72. The molecule has 1 aromatic carbocycles. The fourth-order valence-corrected chi connectivity index (χ4v) is 1.15. The molecule has 12 heavy (non-hydrogen) atoms. The maximum atomic E-state index is 5.52. The molecule has 1 nitrogen and oxygen atoms in total. The average molecular weight is 161 g/mol. The van der Waals surface area contributed by atoms with E-state index in [2.05, 4.69) is 12.1 Å². The highest BCUT2D eigenvalue weighted by atomic mass is 16.5. The van der Waals surface area contributed by atoms with E-state index < -0.39 is 0 Å². The van der Waals surface area contributed by atoms with Crippen LogP contribution in [0.25, 0.3) is 0 Å². The molecule has 1 fully saturated rings. The van der Waals surface area contributed by atoms with Gasteiger partial charge in [-0.2, -0.15) is 0 Å². The van der Waals surface area contributed by atoms with Gasteiger partial charge in [-0.1, -0.05) is 18.2 Å². The molecule has 0 bridgehead atoms. The molecule has 0 amide bonds. The first kappa shape index (κ1) is 7.81. The van der Waals surface area contributed by atoms with Crippen LogP contribution in [-0.2, 0) is 11.3 Å². The Kier molecular flexibility index (Phi) is 2.42. The van der Waals surface area contributed by atoms with Crippen molar-refractivity contribution in [1.82, 2.24) is 0 Å². The molecule has 63 valence electrons. The van der Waals surface area contributed by atoms with Crippen LogP contribution in [0.5, 0.6) is 0 Å². The van der Waals surface area contributed by atoms with Gasteiger partial charge in [-0.05, 0) is 36.5 Å². The first-order chi connectivity index (χ1) is 5.95. The molecule has 0 N–H and O–H groups in total. The van der Waals surface area contributed by atoms with E-state index in [-0.39, 0.29) is 0 Å². The van der Waals surface area contributed by atoms with Crippen LogP contribution in [0.4, 0.5) is 0 Å². The summed E-state index contributed by atoms with van der Waals surface area (Å²) in [6, 6.07) is 11.0. The molecular formula is C11H13O. The molecule has 1 aliphatic carbocycles. The van der Waals surface area contributed by atoms with E-state index in [4.69, 9.17) is 4.74 Å². The lowest BCUT2D eigenvalue weighted by Gasteiger charge is -2.01. The average Bonchev–Trinajstić information content (AvgIpc) is 2.90. The zero-order valence-electron chi connectivity index (χ0n) is 7.12. The minimum atomic E-state index is 0.744. The van der Waals surface area contributed by atoms with Gasteiger partial charge in [-0.25, -0.2) is 0 Å². The van der Waals surface area contributed by atoms with Gasteiger partial charge in [0.1, 0.15) is 0 Å². The first-order valence-electron chi connectivity index (χ1n) is 4.48. The predicted octanol–water partition coefficient (Wildman–Crippen LogP) is 2.41. The van der Waals surface area contributed by atoms with Crippen molar-refractivity contribution in [2.45, 2.75) is 19.4 Å². The van der Waals surface area contributed by atoms with Crippen molar-refractivity contribution in [1.29, 1.82) is 0 Å². The summed E-state index contributed by atoms with van der Waals surface area (Å²) in [6.45, 7) is 1.68. The molecule has 0 atom stereocenters. The van der Waals surface area contributed by atoms with Crippen LogP contribution in [-0.4, -0.2) is 6.61 Å². The molecule has 0 spiro atoms. The molecular weight excluding hydrogens is 148 g/mol. The standard InChI is InChI=1S/C11H13O/c1-2-4-10(5-3-1)8-12-9-11-6-7-11/h1-2,4-5,11H,6-9H2. The van der Waals surface area contributed by atoms with Gasteiger partial charge in [-0.3, -0.25) is 0 Å². The highest BCUT2D eigenvalue weighted by Crippen LogP contribution is 2.28. The topological polar surface area (TPSA) is 9.23 Å². The van der Waals surface area contributed by atoms with Gasteiger partial charge in [-0.15, -0.1) is 0 Å². The molecule has 0 aromatic heterocycles. The Morgan fingerprint density at radius 1 is 1.50 bits per heavy atom. The van der Waals surface area contributed by atoms with E-state index in [1.165, 1.54) is 18.4 Å². The van der Waals surface area contributed by atoms with E-state index in [0.717, 1.165) is 19.1 Å². The fraction of sp³-hybridized carbons (Fsp3) is 0.455. The molecule has 1 radical (unpaired) electrons. The van der Waals surface area contributed by atoms with Crippen LogP contribution in [0.2, 0.25) is 0 Å². The van der Waals surface area contributed by atoms with Gasteiger partial charge in [0.15, 0.2) is 0 Å². The molecule has 1 aromatic rings. The Morgan fingerprint density at radius 2 is 2.42 bits per heavy atom. The molecule has 0 aliphatic heterocycles. The summed E-state index contributed by atoms with van der Waals surface area (Å²) >= 11 is 0. The summed E-state index contributed by atoms with van der Waals surface area (Å²) in [4.78, 5) is 0. The molecule has 0 unspecified atom stereocenters. The van der Waals surface area contributed by atoms with Crippen LogP contribution in [0.3, 0.4) is 0 Å². The molecule has 1 aliphatic rings. The first-order valence-corrected chi connectivity index (χ1v) is 4.48. The number of ether oxygens (including phenoxy) is 1. The molecule has 0 heterocycles. The Bertz CT molecular complexity index is 226. The Hall–Kier alpha value is -0.820. The van der Waals surface area contributed by atoms with Crippen LogP contribution in [0.1, 0.15) is 18.4 Å². The zero-order valence-corrected chi connectivity index (χ0v) is 7.12. The van der Waals surface area contributed by atoms with Crippen molar-refractivity contribution in [3.63, 3.8) is 0 Å². The summed E-state index contributed by atoms with van der Waals surface area (Å²) in [5.41, 5.74) is 1.22. The van der Waals surface area contributed by atoms with Gasteiger partial charge < -0.3 is 4.74 Å². The number of benzene rings is 1. The second-order valence-corrected chi connectivity index (χ2v) is 3.37. The highest BCUT2D eigenvalue weighted by Gasteiger charge is 2.20. The third-order valence-corrected chi connectivity index (χ3v) is 2.09. The van der Waals surface area contributed by atoms with E-state index in [1.807, 2.05) is 18.2 Å². The van der Waals surface area contributed by atoms with Crippen molar-refractivity contribution < 1.29 is 4.74 Å². The Balaban J connectivity index is 1.72.